The summed E-state index contributed by atoms with van der Waals surface area (Å²) in [7, 11) is -3.95. The minimum absolute atomic E-state index is 0.0752. The molecule has 0 spiro atoms. The number of carbonyl (C=O) groups excluding carboxylic acids is 1. The van der Waals surface area contributed by atoms with E-state index in [0.29, 0.717) is 16.5 Å². The Bertz CT molecular complexity index is 1500. The number of benzene rings is 4. The molecule has 4 aromatic rings. The van der Waals surface area contributed by atoms with E-state index in [1.165, 1.54) is 28.6 Å². The summed E-state index contributed by atoms with van der Waals surface area (Å²) in [5, 5.41) is 5.28. The number of amides is 1. The van der Waals surface area contributed by atoms with Crippen molar-refractivity contribution in [3.05, 3.63) is 96.0 Å². The smallest absolute Gasteiger partial charge is 0.264 e. The number of fused-ring (bicyclic) bond motifs is 2. The number of anilines is 1. The highest BCUT2D eigenvalue weighted by atomic mass is 35.5. The van der Waals surface area contributed by atoms with Gasteiger partial charge >= 0.3 is 0 Å². The molecule has 7 nitrogen and oxygen atoms in total. The van der Waals surface area contributed by atoms with Crippen LogP contribution in [0.15, 0.2) is 95.9 Å². The molecular formula is C27H23ClN2O5S. The first-order valence-corrected chi connectivity index (χ1v) is 13.2. The van der Waals surface area contributed by atoms with Gasteiger partial charge in [0.2, 0.25) is 0 Å². The number of carbonyl (C=O) groups is 1. The quantitative estimate of drug-likeness (QED) is 0.357. The van der Waals surface area contributed by atoms with Gasteiger partial charge in [-0.1, -0.05) is 60.1 Å². The van der Waals surface area contributed by atoms with Gasteiger partial charge in [-0.15, -0.1) is 0 Å². The van der Waals surface area contributed by atoms with Crippen molar-refractivity contribution in [2.24, 2.45) is 0 Å². The van der Waals surface area contributed by atoms with Crippen LogP contribution >= 0.6 is 11.6 Å². The third-order valence-corrected chi connectivity index (χ3v) is 7.88. The van der Waals surface area contributed by atoms with Crippen LogP contribution in [0, 0.1) is 0 Å². The fraction of sp³-hybridized carbons (Fsp3) is 0.148. The van der Waals surface area contributed by atoms with Crippen LogP contribution in [0.25, 0.3) is 10.8 Å². The van der Waals surface area contributed by atoms with Crippen LogP contribution in [-0.4, -0.2) is 40.1 Å². The molecule has 9 heteroatoms. The van der Waals surface area contributed by atoms with Gasteiger partial charge in [-0.3, -0.25) is 9.10 Å². The monoisotopic (exact) mass is 522 g/mol. The zero-order valence-corrected chi connectivity index (χ0v) is 20.7. The first kappa shape index (κ1) is 24.0. The van der Waals surface area contributed by atoms with Gasteiger partial charge in [0.25, 0.3) is 15.9 Å². The lowest BCUT2D eigenvalue weighted by molar-refractivity contribution is -0.127. The van der Waals surface area contributed by atoms with Crippen molar-refractivity contribution >= 4 is 44.0 Å². The van der Waals surface area contributed by atoms with Crippen molar-refractivity contribution in [1.29, 1.82) is 0 Å². The van der Waals surface area contributed by atoms with Crippen molar-refractivity contribution in [3.8, 4) is 11.5 Å². The third-order valence-electron chi connectivity index (χ3n) is 5.84. The number of hydrogen-bond donors (Lipinski definition) is 1. The maximum absolute atomic E-state index is 13.4. The van der Waals surface area contributed by atoms with Gasteiger partial charge in [0, 0.05) is 10.4 Å². The number of rotatable bonds is 7. The molecule has 5 rings (SSSR count). The number of halogens is 1. The number of nitrogens with zero attached hydrogens (tertiary/aromatic N) is 1. The van der Waals surface area contributed by atoms with E-state index in [0.717, 1.165) is 16.5 Å². The zero-order valence-electron chi connectivity index (χ0n) is 19.1. The van der Waals surface area contributed by atoms with E-state index in [-0.39, 0.29) is 24.6 Å². The molecule has 0 aliphatic carbocycles. The molecule has 4 aromatic carbocycles. The van der Waals surface area contributed by atoms with Gasteiger partial charge in [0.1, 0.15) is 18.1 Å². The molecule has 184 valence electrons. The van der Waals surface area contributed by atoms with Crippen LogP contribution in [0.4, 0.5) is 5.69 Å². The highest BCUT2D eigenvalue weighted by Crippen LogP contribution is 2.37. The Morgan fingerprint density at radius 2 is 1.69 bits per heavy atom. The first-order valence-electron chi connectivity index (χ1n) is 11.4. The Labute approximate surface area is 214 Å². The van der Waals surface area contributed by atoms with Crippen LogP contribution < -0.4 is 19.1 Å². The lowest BCUT2D eigenvalue weighted by Crippen LogP contribution is -2.51. The van der Waals surface area contributed by atoms with Crippen molar-refractivity contribution in [1.82, 2.24) is 5.32 Å². The number of hydrogen-bond acceptors (Lipinski definition) is 5. The number of nitrogens with one attached hydrogen (secondary N) is 1. The second-order valence-electron chi connectivity index (χ2n) is 8.18. The molecule has 0 unspecified atom stereocenters. The Hall–Kier alpha value is -3.75. The van der Waals surface area contributed by atoms with Crippen LogP contribution in [0.3, 0.4) is 0 Å². The molecule has 0 saturated heterocycles. The Kier molecular flexibility index (Phi) is 6.71. The lowest BCUT2D eigenvalue weighted by atomic mass is 10.1. The van der Waals surface area contributed by atoms with Crippen LogP contribution in [-0.2, 0) is 14.8 Å². The van der Waals surface area contributed by atoms with Gasteiger partial charge in [-0.2, -0.15) is 0 Å². The second kappa shape index (κ2) is 10.1. The van der Waals surface area contributed by atoms with E-state index in [1.54, 1.807) is 24.3 Å². The molecule has 36 heavy (non-hydrogen) atoms. The number of ether oxygens (including phenoxy) is 2. The molecule has 1 aliphatic heterocycles. The number of para-hydroxylation sites is 2. The van der Waals surface area contributed by atoms with E-state index in [4.69, 9.17) is 21.1 Å². The predicted octanol–water partition coefficient (Wildman–Crippen LogP) is 4.64. The summed E-state index contributed by atoms with van der Waals surface area (Å²) >= 11 is 5.93. The fourth-order valence-corrected chi connectivity index (χ4v) is 5.67. The Balaban J connectivity index is 1.28. The van der Waals surface area contributed by atoms with E-state index in [2.05, 4.69) is 5.32 Å². The number of sulfonamides is 1. The summed E-state index contributed by atoms with van der Waals surface area (Å²) in [4.78, 5) is 13.0. The summed E-state index contributed by atoms with van der Waals surface area (Å²) in [6.45, 7) is 0.307. The molecule has 0 radical (unpaired) electrons. The van der Waals surface area contributed by atoms with Gasteiger partial charge < -0.3 is 14.8 Å². The molecular weight excluding hydrogens is 500 g/mol. The summed E-state index contributed by atoms with van der Waals surface area (Å²) in [6, 6.07) is 26.3. The fourth-order valence-electron chi connectivity index (χ4n) is 4.07. The summed E-state index contributed by atoms with van der Waals surface area (Å²) in [5.41, 5.74) is 0.371. The van der Waals surface area contributed by atoms with Crippen LogP contribution in [0.2, 0.25) is 5.02 Å². The first-order chi connectivity index (χ1) is 17.4. The van der Waals surface area contributed by atoms with Crippen LogP contribution in [0.1, 0.15) is 0 Å². The molecule has 0 fully saturated rings. The highest BCUT2D eigenvalue weighted by molar-refractivity contribution is 7.92. The SMILES string of the molecule is O=C(NCCOc1cccc2ccccc12)[C@H]1CN(S(=O)(=O)c2ccc(Cl)cc2)c2ccccc2O1. The van der Waals surface area contributed by atoms with E-state index in [1.807, 2.05) is 42.5 Å². The van der Waals surface area contributed by atoms with Crippen molar-refractivity contribution in [3.63, 3.8) is 0 Å². The maximum Gasteiger partial charge on any atom is 0.264 e. The summed E-state index contributed by atoms with van der Waals surface area (Å²) in [5.74, 6) is 0.612. The Morgan fingerprint density at radius 3 is 2.53 bits per heavy atom. The minimum Gasteiger partial charge on any atom is -0.491 e. The van der Waals surface area contributed by atoms with E-state index >= 15 is 0 Å². The molecule has 1 amide bonds. The summed E-state index contributed by atoms with van der Waals surface area (Å²) < 4.78 is 39.8. The molecule has 0 aromatic heterocycles. The third kappa shape index (κ3) is 4.82. The van der Waals surface area contributed by atoms with Gasteiger partial charge in [-0.05, 0) is 47.9 Å². The molecule has 1 heterocycles. The van der Waals surface area contributed by atoms with E-state index in [9.17, 15) is 13.2 Å². The maximum atomic E-state index is 13.4. The topological polar surface area (TPSA) is 84.9 Å². The van der Waals surface area contributed by atoms with E-state index < -0.39 is 22.0 Å². The molecule has 0 bridgehead atoms. The van der Waals surface area contributed by atoms with Gasteiger partial charge in [-0.25, -0.2) is 8.42 Å². The Morgan fingerprint density at radius 1 is 0.972 bits per heavy atom. The van der Waals surface area contributed by atoms with Crippen LogP contribution in [0.5, 0.6) is 11.5 Å². The zero-order chi connectivity index (χ0) is 25.1. The minimum atomic E-state index is -3.95. The average molecular weight is 523 g/mol. The molecule has 0 saturated carbocycles. The molecule has 1 N–H and O–H groups in total. The second-order valence-corrected chi connectivity index (χ2v) is 10.5. The summed E-state index contributed by atoms with van der Waals surface area (Å²) in [6.07, 6.45) is -1.03. The highest BCUT2D eigenvalue weighted by Gasteiger charge is 2.37. The van der Waals surface area contributed by atoms with Crippen molar-refractivity contribution in [2.45, 2.75) is 11.0 Å². The van der Waals surface area contributed by atoms with Crippen molar-refractivity contribution in [2.75, 3.05) is 24.0 Å². The molecule has 1 aliphatic rings. The standard InChI is InChI=1S/C27H23ClN2O5S/c28-20-12-14-21(15-13-20)36(32,33)30-18-26(35-25-10-4-3-9-23(25)30)27(31)29-16-17-34-24-11-5-7-19-6-1-2-8-22(19)24/h1-15,26H,16-18H2,(H,29,31)/t26-/m1/s1. The normalized spacial score (nSPS) is 15.1. The van der Waals surface area contributed by atoms with Gasteiger partial charge in [0.05, 0.1) is 23.7 Å². The van der Waals surface area contributed by atoms with Crippen molar-refractivity contribution < 1.29 is 22.7 Å². The largest absolute Gasteiger partial charge is 0.491 e. The van der Waals surface area contributed by atoms with Gasteiger partial charge in [0.15, 0.2) is 6.10 Å². The lowest BCUT2D eigenvalue weighted by Gasteiger charge is -2.34. The predicted molar refractivity (Wildman–Crippen MR) is 139 cm³/mol. The average Bonchev–Trinajstić information content (AvgIpc) is 2.90. The molecule has 1 atom stereocenters.